The number of aliphatic hydroxyl groups excluding tert-OH is 1. The van der Waals surface area contributed by atoms with Crippen molar-refractivity contribution in [1.29, 1.82) is 0 Å². The summed E-state index contributed by atoms with van der Waals surface area (Å²) in [7, 11) is -9.90. The van der Waals surface area contributed by atoms with Crippen LogP contribution in [0.1, 0.15) is 375 Å². The Hall–Kier alpha value is -1.94. The van der Waals surface area contributed by atoms with E-state index in [1.807, 2.05) is 0 Å². The molecule has 0 saturated carbocycles. The Morgan fingerprint density at radius 3 is 0.826 bits per heavy atom. The SMILES string of the molecule is CCCCCCCCCCCCCCCC(=O)OC[C@H](COP(=O)(O)OC[C@@H](O)COP(=O)(O)OC[C@@H](COC(=O)CCCCCCCCCCCC)OC(=O)CCCCCCCCCCC(C)CC)OC(=O)CCCCCCCCCCCCCCCCC(C)C. The lowest BCUT2D eigenvalue weighted by atomic mass is 9.99. The highest BCUT2D eigenvalue weighted by Crippen LogP contribution is 2.45. The summed E-state index contributed by atoms with van der Waals surface area (Å²) in [5, 5.41) is 10.6. The van der Waals surface area contributed by atoms with Gasteiger partial charge in [-0.1, -0.05) is 324 Å². The molecule has 0 aliphatic rings. The Morgan fingerprint density at radius 2 is 0.554 bits per heavy atom. The maximum absolute atomic E-state index is 13.1. The van der Waals surface area contributed by atoms with Crippen LogP contribution in [0.3, 0.4) is 0 Å². The van der Waals surface area contributed by atoms with Crippen LogP contribution in [0, 0.1) is 11.8 Å². The topological polar surface area (TPSA) is 237 Å². The lowest BCUT2D eigenvalue weighted by molar-refractivity contribution is -0.161. The lowest BCUT2D eigenvalue weighted by Gasteiger charge is -2.21. The number of hydrogen-bond acceptors (Lipinski definition) is 15. The number of hydrogen-bond donors (Lipinski definition) is 3. The lowest BCUT2D eigenvalue weighted by Crippen LogP contribution is -2.30. The fourth-order valence-electron chi connectivity index (χ4n) is 11.1. The number of rotatable bonds is 72. The summed E-state index contributed by atoms with van der Waals surface area (Å²) in [6, 6.07) is 0. The third kappa shape index (κ3) is 65.4. The Morgan fingerprint density at radius 1 is 0.315 bits per heavy atom. The van der Waals surface area contributed by atoms with E-state index in [1.165, 1.54) is 193 Å². The van der Waals surface area contributed by atoms with Crippen molar-refractivity contribution in [2.45, 2.75) is 394 Å². The van der Waals surface area contributed by atoms with Crippen LogP contribution in [-0.4, -0.2) is 96.7 Å². The average Bonchev–Trinajstić information content (AvgIpc) is 1.86. The number of unbranched alkanes of at least 4 members (excludes halogenated alkanes) is 41. The average molecular weight is 1350 g/mol. The van der Waals surface area contributed by atoms with Crippen molar-refractivity contribution in [3.63, 3.8) is 0 Å². The van der Waals surface area contributed by atoms with Crippen LogP contribution >= 0.6 is 15.6 Å². The fourth-order valence-corrected chi connectivity index (χ4v) is 12.7. The van der Waals surface area contributed by atoms with Crippen molar-refractivity contribution >= 4 is 39.5 Å². The van der Waals surface area contributed by atoms with Crippen LogP contribution in [0.4, 0.5) is 0 Å². The minimum atomic E-state index is -4.95. The molecule has 17 nitrogen and oxygen atoms in total. The Balaban J connectivity index is 5.25. The second kappa shape index (κ2) is 65.0. The molecule has 0 rings (SSSR count). The predicted molar refractivity (Wildman–Crippen MR) is 372 cm³/mol. The van der Waals surface area contributed by atoms with Crippen LogP contribution in [0.2, 0.25) is 0 Å². The van der Waals surface area contributed by atoms with Crippen LogP contribution in [0.15, 0.2) is 0 Å². The molecule has 0 radical (unpaired) electrons. The number of ether oxygens (including phenoxy) is 4. The van der Waals surface area contributed by atoms with Crippen molar-refractivity contribution < 1.29 is 80.2 Å². The zero-order chi connectivity index (χ0) is 67.9. The number of phosphoric acid groups is 2. The highest BCUT2D eigenvalue weighted by molar-refractivity contribution is 7.47. The summed E-state index contributed by atoms with van der Waals surface area (Å²) < 4.78 is 68.4. The van der Waals surface area contributed by atoms with E-state index in [1.54, 1.807) is 0 Å². The molecule has 0 spiro atoms. The van der Waals surface area contributed by atoms with Crippen molar-refractivity contribution in [2.24, 2.45) is 11.8 Å². The van der Waals surface area contributed by atoms with Gasteiger partial charge in [0, 0.05) is 25.7 Å². The first kappa shape index (κ1) is 90.1. The minimum absolute atomic E-state index is 0.105. The highest BCUT2D eigenvalue weighted by Gasteiger charge is 2.30. The van der Waals surface area contributed by atoms with Gasteiger partial charge in [-0.2, -0.15) is 0 Å². The van der Waals surface area contributed by atoms with Gasteiger partial charge in [-0.25, -0.2) is 9.13 Å². The summed E-state index contributed by atoms with van der Waals surface area (Å²) in [5.74, 6) is -0.555. The molecule has 0 aromatic rings. The van der Waals surface area contributed by atoms with Crippen molar-refractivity contribution in [3.05, 3.63) is 0 Å². The first-order valence-corrected chi connectivity index (χ1v) is 41.0. The van der Waals surface area contributed by atoms with Gasteiger partial charge in [0.1, 0.15) is 19.3 Å². The smallest absolute Gasteiger partial charge is 0.462 e. The molecule has 3 N–H and O–H groups in total. The van der Waals surface area contributed by atoms with Gasteiger partial charge >= 0.3 is 39.5 Å². The van der Waals surface area contributed by atoms with Crippen LogP contribution < -0.4 is 0 Å². The van der Waals surface area contributed by atoms with E-state index < -0.39 is 97.5 Å². The molecule has 0 aliphatic carbocycles. The quantitative estimate of drug-likeness (QED) is 0.0222. The molecule has 0 aromatic heterocycles. The van der Waals surface area contributed by atoms with Gasteiger partial charge in [0.25, 0.3) is 0 Å². The number of esters is 4. The van der Waals surface area contributed by atoms with Crippen molar-refractivity contribution in [2.75, 3.05) is 39.6 Å². The Labute approximate surface area is 562 Å². The molecular formula is C73H142O17P2. The van der Waals surface area contributed by atoms with E-state index in [0.717, 1.165) is 102 Å². The minimum Gasteiger partial charge on any atom is -0.462 e. The monoisotopic (exact) mass is 1350 g/mol. The molecule has 0 fully saturated rings. The number of carbonyl (C=O) groups is 4. The molecule has 546 valence electrons. The summed E-state index contributed by atoms with van der Waals surface area (Å²) in [6.45, 7) is 9.59. The molecular weight excluding hydrogens is 1210 g/mol. The second-order valence-corrected chi connectivity index (χ2v) is 30.0. The molecule has 6 atom stereocenters. The number of aliphatic hydroxyl groups is 1. The van der Waals surface area contributed by atoms with E-state index in [9.17, 15) is 43.2 Å². The van der Waals surface area contributed by atoms with Gasteiger partial charge in [-0.05, 0) is 37.5 Å². The second-order valence-electron chi connectivity index (χ2n) is 27.1. The summed E-state index contributed by atoms with van der Waals surface area (Å²) in [6.07, 6.45) is 51.2. The van der Waals surface area contributed by atoms with E-state index >= 15 is 0 Å². The summed E-state index contributed by atoms with van der Waals surface area (Å²) in [4.78, 5) is 72.7. The molecule has 0 saturated heterocycles. The predicted octanol–water partition coefficient (Wildman–Crippen LogP) is 21.2. The van der Waals surface area contributed by atoms with Gasteiger partial charge in [0.15, 0.2) is 12.2 Å². The van der Waals surface area contributed by atoms with Gasteiger partial charge < -0.3 is 33.8 Å². The first-order chi connectivity index (χ1) is 44.4. The van der Waals surface area contributed by atoms with Crippen LogP contribution in [0.5, 0.6) is 0 Å². The molecule has 92 heavy (non-hydrogen) atoms. The maximum Gasteiger partial charge on any atom is 0.472 e. The standard InChI is InChI=1S/C73H142O17P2/c1-7-10-12-14-16-18-20-23-27-31-38-44-50-56-71(76)84-61-68(89-72(77)57-51-45-39-32-28-25-22-21-24-26-29-35-41-47-53-65(4)5)63-87-91(79,80)85-59-67(74)60-86-92(81,82)88-64-69(62-83-70(75)55-49-43-37-30-19-17-15-13-11-8-2)90-73(78)58-52-46-40-34-33-36-42-48-54-66(6)9-3/h65-69,74H,7-64H2,1-6H3,(H,79,80)(H,81,82)/t66?,67-,68-,69-/m1/s1. The molecule has 0 aliphatic heterocycles. The van der Waals surface area contributed by atoms with E-state index in [4.69, 9.17) is 37.0 Å². The summed E-state index contributed by atoms with van der Waals surface area (Å²) in [5.41, 5.74) is 0. The van der Waals surface area contributed by atoms with E-state index in [2.05, 4.69) is 41.5 Å². The molecule has 0 heterocycles. The number of carbonyl (C=O) groups excluding carboxylic acids is 4. The largest absolute Gasteiger partial charge is 0.472 e. The Kier molecular flexibility index (Phi) is 63.7. The van der Waals surface area contributed by atoms with Crippen molar-refractivity contribution in [1.82, 2.24) is 0 Å². The third-order valence-electron chi connectivity index (χ3n) is 17.3. The Bertz CT molecular complexity index is 1790. The van der Waals surface area contributed by atoms with Gasteiger partial charge in [0.05, 0.1) is 26.4 Å². The van der Waals surface area contributed by atoms with Crippen LogP contribution in [-0.2, 0) is 65.4 Å². The number of phosphoric ester groups is 2. The fraction of sp³-hybridized carbons (Fsp3) is 0.945. The summed E-state index contributed by atoms with van der Waals surface area (Å²) >= 11 is 0. The normalized spacial score (nSPS) is 14.4. The van der Waals surface area contributed by atoms with E-state index in [0.29, 0.717) is 25.7 Å². The molecule has 3 unspecified atom stereocenters. The molecule has 0 aromatic carbocycles. The van der Waals surface area contributed by atoms with Gasteiger partial charge in [-0.3, -0.25) is 37.3 Å². The van der Waals surface area contributed by atoms with Crippen LogP contribution in [0.25, 0.3) is 0 Å². The molecule has 19 heteroatoms. The highest BCUT2D eigenvalue weighted by atomic mass is 31.2. The molecule has 0 amide bonds. The maximum atomic E-state index is 13.1. The zero-order valence-corrected chi connectivity index (χ0v) is 61.6. The van der Waals surface area contributed by atoms with Crippen molar-refractivity contribution in [3.8, 4) is 0 Å². The first-order valence-electron chi connectivity index (χ1n) is 38.0. The third-order valence-corrected chi connectivity index (χ3v) is 19.2. The van der Waals surface area contributed by atoms with E-state index in [-0.39, 0.29) is 25.7 Å². The zero-order valence-electron chi connectivity index (χ0n) is 59.9. The van der Waals surface area contributed by atoms with Gasteiger partial charge in [0.2, 0.25) is 0 Å². The van der Waals surface area contributed by atoms with Gasteiger partial charge in [-0.15, -0.1) is 0 Å². The molecule has 0 bridgehead atoms.